The number of aromatic nitrogens is 3. The summed E-state index contributed by atoms with van der Waals surface area (Å²) in [6, 6.07) is 9.20. The Morgan fingerprint density at radius 2 is 1.94 bits per heavy atom. The highest BCUT2D eigenvalue weighted by Crippen LogP contribution is 2.42. The number of carbonyl (C=O) groups excluding carboxylic acids is 1. The Balaban J connectivity index is 1.47. The number of alkyl halides is 2. The number of hydrogen-bond donors (Lipinski definition) is 1. The van der Waals surface area contributed by atoms with Gasteiger partial charge in [-0.3, -0.25) is 9.59 Å². The van der Waals surface area contributed by atoms with Crippen molar-refractivity contribution in [2.24, 2.45) is 0 Å². The number of nitrogens with zero attached hydrogens (tertiary/aromatic N) is 3. The predicted octanol–water partition coefficient (Wildman–Crippen LogP) is 3.46. The topological polar surface area (TPSA) is 108 Å². The molecule has 5 rings (SSSR count). The average molecular weight is 458 g/mol. The van der Waals surface area contributed by atoms with Gasteiger partial charge in [-0.05, 0) is 31.2 Å². The summed E-state index contributed by atoms with van der Waals surface area (Å²) in [6.45, 7) is 1.03. The molecule has 0 saturated heterocycles. The van der Waals surface area contributed by atoms with E-state index in [1.54, 1.807) is 13.0 Å². The Morgan fingerprint density at radius 3 is 2.73 bits per heavy atom. The van der Waals surface area contributed by atoms with Gasteiger partial charge in [-0.2, -0.15) is 5.10 Å². The van der Waals surface area contributed by atoms with Crippen LogP contribution in [-0.2, 0) is 11.3 Å². The van der Waals surface area contributed by atoms with Crippen molar-refractivity contribution < 1.29 is 32.0 Å². The van der Waals surface area contributed by atoms with Crippen LogP contribution in [0.4, 0.5) is 18.9 Å². The molecule has 0 radical (unpaired) electrons. The molecule has 0 atom stereocenters. The lowest BCUT2D eigenvalue weighted by atomic mass is 10.1. The van der Waals surface area contributed by atoms with Crippen molar-refractivity contribution in [1.82, 2.24) is 14.9 Å². The largest absolute Gasteiger partial charge is 0.586 e. The van der Waals surface area contributed by atoms with E-state index in [1.165, 1.54) is 30.3 Å². The van der Waals surface area contributed by atoms with Crippen molar-refractivity contribution in [1.29, 1.82) is 0 Å². The number of nitrogens with one attached hydrogen (secondary N) is 1. The van der Waals surface area contributed by atoms with Gasteiger partial charge in [0.25, 0.3) is 5.56 Å². The maximum Gasteiger partial charge on any atom is 0.586 e. The van der Waals surface area contributed by atoms with Gasteiger partial charge in [0.1, 0.15) is 23.4 Å². The van der Waals surface area contributed by atoms with Crippen molar-refractivity contribution in [3.05, 3.63) is 64.3 Å². The third-order valence-corrected chi connectivity index (χ3v) is 4.82. The van der Waals surface area contributed by atoms with Gasteiger partial charge in [-0.25, -0.2) is 9.07 Å². The van der Waals surface area contributed by atoms with Crippen LogP contribution in [-0.4, -0.2) is 27.1 Å². The quantitative estimate of drug-likeness (QED) is 0.499. The molecule has 0 saturated carbocycles. The van der Waals surface area contributed by atoms with Crippen LogP contribution < -0.4 is 20.3 Å². The minimum absolute atomic E-state index is 0.0662. The van der Waals surface area contributed by atoms with Gasteiger partial charge in [0.05, 0.1) is 5.69 Å². The van der Waals surface area contributed by atoms with Crippen LogP contribution >= 0.6 is 0 Å². The summed E-state index contributed by atoms with van der Waals surface area (Å²) in [5.41, 5.74) is 0.298. The van der Waals surface area contributed by atoms with Gasteiger partial charge < -0.3 is 19.3 Å². The second-order valence-electron chi connectivity index (χ2n) is 7.17. The number of fused-ring (bicyclic) bond motifs is 2. The monoisotopic (exact) mass is 458 g/mol. The third-order valence-electron chi connectivity index (χ3n) is 4.82. The van der Waals surface area contributed by atoms with Gasteiger partial charge in [0.2, 0.25) is 11.5 Å². The number of carbonyl (C=O) groups is 1. The number of ether oxygens (including phenoxy) is 2. The van der Waals surface area contributed by atoms with E-state index < -0.39 is 30.1 Å². The summed E-state index contributed by atoms with van der Waals surface area (Å²) in [5, 5.41) is 10.6. The lowest BCUT2D eigenvalue weighted by molar-refractivity contribution is -0.286. The Morgan fingerprint density at radius 1 is 1.15 bits per heavy atom. The first-order valence-electron chi connectivity index (χ1n) is 9.53. The highest BCUT2D eigenvalue weighted by Gasteiger charge is 2.43. The molecule has 1 aliphatic heterocycles. The van der Waals surface area contributed by atoms with Crippen LogP contribution in [0, 0.1) is 12.7 Å². The smallest absolute Gasteiger partial charge is 0.395 e. The zero-order valence-electron chi connectivity index (χ0n) is 16.8. The van der Waals surface area contributed by atoms with E-state index in [0.717, 1.165) is 10.7 Å². The fourth-order valence-electron chi connectivity index (χ4n) is 3.42. The number of hydrogen-bond acceptors (Lipinski definition) is 7. The summed E-state index contributed by atoms with van der Waals surface area (Å²) in [5.74, 6) is -1.62. The second kappa shape index (κ2) is 7.36. The number of amides is 1. The van der Waals surface area contributed by atoms with Crippen LogP contribution in [0.5, 0.6) is 11.5 Å². The summed E-state index contributed by atoms with van der Waals surface area (Å²) in [7, 11) is 0. The maximum atomic E-state index is 13.8. The number of anilines is 1. The summed E-state index contributed by atoms with van der Waals surface area (Å²) >= 11 is 0. The SMILES string of the molecule is Cc1noc2c(-c3cccc(F)c3)nn(CC(=O)Nc3ccc4c(c3)OC(F)(F)O4)c(=O)c12. The first-order chi connectivity index (χ1) is 15.7. The van der Waals surface area contributed by atoms with E-state index in [2.05, 4.69) is 25.0 Å². The van der Waals surface area contributed by atoms with Gasteiger partial charge in [0.15, 0.2) is 11.5 Å². The number of aryl methyl sites for hydroxylation is 1. The zero-order valence-corrected chi connectivity index (χ0v) is 16.8. The molecule has 1 amide bonds. The predicted molar refractivity (Wildman–Crippen MR) is 107 cm³/mol. The number of rotatable bonds is 4. The molecule has 0 unspecified atom stereocenters. The molecule has 0 fully saturated rings. The Hall–Kier alpha value is -4.35. The van der Waals surface area contributed by atoms with E-state index >= 15 is 0 Å². The van der Waals surface area contributed by atoms with E-state index in [1.807, 2.05) is 0 Å². The first kappa shape index (κ1) is 20.5. The summed E-state index contributed by atoms with van der Waals surface area (Å²) in [4.78, 5) is 25.5. The van der Waals surface area contributed by atoms with Gasteiger partial charge >= 0.3 is 6.29 Å². The van der Waals surface area contributed by atoms with Crippen LogP contribution in [0.15, 0.2) is 51.8 Å². The standard InChI is InChI=1S/C21H13F3N4O5/c1-10-17-19(33-27-10)18(11-3-2-4-12(22)7-11)26-28(20(17)30)9-16(29)25-13-5-6-14-15(8-13)32-21(23,24)31-14/h2-8H,9H2,1H3,(H,25,29). The van der Waals surface area contributed by atoms with E-state index in [0.29, 0.717) is 5.56 Å². The maximum absolute atomic E-state index is 13.8. The second-order valence-corrected chi connectivity index (χ2v) is 7.17. The van der Waals surface area contributed by atoms with Crippen molar-refractivity contribution in [2.75, 3.05) is 5.32 Å². The minimum Gasteiger partial charge on any atom is -0.395 e. The molecule has 12 heteroatoms. The lowest BCUT2D eigenvalue weighted by Crippen LogP contribution is -2.30. The van der Waals surface area contributed by atoms with E-state index in [9.17, 15) is 22.8 Å². The molecule has 0 spiro atoms. The van der Waals surface area contributed by atoms with Crippen molar-refractivity contribution in [3.63, 3.8) is 0 Å². The highest BCUT2D eigenvalue weighted by atomic mass is 19.3. The van der Waals surface area contributed by atoms with Gasteiger partial charge in [-0.1, -0.05) is 17.3 Å². The third kappa shape index (κ3) is 3.75. The molecule has 1 aliphatic rings. The van der Waals surface area contributed by atoms with Crippen molar-refractivity contribution in [2.45, 2.75) is 19.8 Å². The molecular weight excluding hydrogens is 445 g/mol. The van der Waals surface area contributed by atoms with Crippen LogP contribution in [0.25, 0.3) is 22.2 Å². The van der Waals surface area contributed by atoms with Crippen molar-refractivity contribution in [3.8, 4) is 22.8 Å². The fraction of sp³-hybridized carbons (Fsp3) is 0.143. The highest BCUT2D eigenvalue weighted by molar-refractivity contribution is 5.92. The Bertz CT molecular complexity index is 1480. The van der Waals surface area contributed by atoms with Crippen LogP contribution in [0.2, 0.25) is 0 Å². The van der Waals surface area contributed by atoms with Crippen LogP contribution in [0.1, 0.15) is 5.69 Å². The molecule has 2 aromatic carbocycles. The average Bonchev–Trinajstić information content (AvgIpc) is 3.28. The summed E-state index contributed by atoms with van der Waals surface area (Å²) in [6.07, 6.45) is -3.79. The number of halogens is 3. The Labute approximate surface area is 182 Å². The molecule has 4 aromatic rings. The van der Waals surface area contributed by atoms with E-state index in [4.69, 9.17) is 4.52 Å². The first-order valence-corrected chi connectivity index (χ1v) is 9.53. The number of benzene rings is 2. The molecule has 0 bridgehead atoms. The van der Waals surface area contributed by atoms with E-state index in [-0.39, 0.29) is 39.5 Å². The molecular formula is C21H13F3N4O5. The molecule has 2 aromatic heterocycles. The van der Waals surface area contributed by atoms with Gasteiger partial charge in [0, 0.05) is 17.3 Å². The van der Waals surface area contributed by atoms with Crippen molar-refractivity contribution >= 4 is 22.6 Å². The molecule has 33 heavy (non-hydrogen) atoms. The molecule has 3 heterocycles. The normalized spacial score (nSPS) is 13.9. The summed E-state index contributed by atoms with van der Waals surface area (Å²) < 4.78 is 54.9. The fourth-order valence-corrected chi connectivity index (χ4v) is 3.42. The molecule has 9 nitrogen and oxygen atoms in total. The van der Waals surface area contributed by atoms with Gasteiger partial charge in [-0.15, -0.1) is 8.78 Å². The zero-order chi connectivity index (χ0) is 23.3. The minimum atomic E-state index is -3.79. The van der Waals surface area contributed by atoms with Crippen LogP contribution in [0.3, 0.4) is 0 Å². The lowest BCUT2D eigenvalue weighted by Gasteiger charge is -2.09. The Kier molecular flexibility index (Phi) is 4.58. The molecule has 168 valence electrons. The molecule has 0 aliphatic carbocycles. The molecule has 1 N–H and O–H groups in total.